The van der Waals surface area contributed by atoms with E-state index in [1.54, 1.807) is 0 Å². The van der Waals surface area contributed by atoms with Gasteiger partial charge in [-0.15, -0.1) is 0 Å². The highest BCUT2D eigenvalue weighted by Crippen LogP contribution is 2.16. The van der Waals surface area contributed by atoms with E-state index in [9.17, 15) is 0 Å². The lowest BCUT2D eigenvalue weighted by Gasteiger charge is -2.22. The van der Waals surface area contributed by atoms with Crippen LogP contribution in [0.3, 0.4) is 0 Å². The van der Waals surface area contributed by atoms with Crippen molar-refractivity contribution < 1.29 is 4.74 Å². The van der Waals surface area contributed by atoms with E-state index < -0.39 is 0 Å². The third-order valence-electron chi connectivity index (χ3n) is 5.09. The Morgan fingerprint density at radius 2 is 2.00 bits per heavy atom. The second-order valence-corrected chi connectivity index (χ2v) is 6.93. The van der Waals surface area contributed by atoms with E-state index in [1.165, 1.54) is 12.0 Å². The fourth-order valence-corrected chi connectivity index (χ4v) is 3.68. The number of hydrogen-bond acceptors (Lipinski definition) is 4. The molecule has 5 heteroatoms. The first-order valence-electron chi connectivity index (χ1n) is 9.13. The van der Waals surface area contributed by atoms with Gasteiger partial charge in [0.15, 0.2) is 5.82 Å². The molecule has 1 fully saturated rings. The van der Waals surface area contributed by atoms with E-state index in [2.05, 4.69) is 39.9 Å². The van der Waals surface area contributed by atoms with Crippen molar-refractivity contribution in [2.45, 2.75) is 32.2 Å². The average molecular weight is 326 g/mol. The fraction of sp³-hybridized carbons (Fsp3) is 0.579. The molecule has 1 saturated heterocycles. The zero-order valence-corrected chi connectivity index (χ0v) is 14.2. The Kier molecular flexibility index (Phi) is 4.90. The number of benzene rings is 1. The molecule has 3 heterocycles. The first kappa shape index (κ1) is 15.8. The molecule has 2 aromatic rings. The number of hydrogen-bond donors (Lipinski definition) is 0. The van der Waals surface area contributed by atoms with Crippen LogP contribution in [0.25, 0.3) is 0 Å². The van der Waals surface area contributed by atoms with Gasteiger partial charge in [-0.25, -0.2) is 9.67 Å². The molecule has 1 atom stereocenters. The summed E-state index contributed by atoms with van der Waals surface area (Å²) in [5, 5.41) is 4.75. The molecule has 24 heavy (non-hydrogen) atoms. The van der Waals surface area contributed by atoms with Gasteiger partial charge < -0.3 is 9.64 Å². The zero-order chi connectivity index (χ0) is 16.2. The molecule has 128 valence electrons. The van der Waals surface area contributed by atoms with Crippen molar-refractivity contribution in [3.05, 3.63) is 47.5 Å². The van der Waals surface area contributed by atoms with Gasteiger partial charge in [0.1, 0.15) is 5.82 Å². The lowest BCUT2D eigenvalue weighted by atomic mass is 10.1. The SMILES string of the molecule is c1ccc(CCc2nc3n(n2)CCN(CC2CCOC2)CC3)cc1. The monoisotopic (exact) mass is 326 g/mol. The topological polar surface area (TPSA) is 43.2 Å². The van der Waals surface area contributed by atoms with Crippen molar-refractivity contribution in [2.24, 2.45) is 5.92 Å². The quantitative estimate of drug-likeness (QED) is 0.842. The largest absolute Gasteiger partial charge is 0.381 e. The summed E-state index contributed by atoms with van der Waals surface area (Å²) in [7, 11) is 0. The average Bonchev–Trinajstić information content (AvgIpc) is 3.22. The van der Waals surface area contributed by atoms with E-state index in [4.69, 9.17) is 14.8 Å². The number of nitrogens with zero attached hydrogens (tertiary/aromatic N) is 4. The van der Waals surface area contributed by atoms with Crippen molar-refractivity contribution in [1.82, 2.24) is 19.7 Å². The molecule has 5 nitrogen and oxygen atoms in total. The minimum atomic E-state index is 0.713. The molecule has 1 aromatic heterocycles. The summed E-state index contributed by atoms with van der Waals surface area (Å²) in [6.07, 6.45) is 4.15. The summed E-state index contributed by atoms with van der Waals surface area (Å²) in [4.78, 5) is 7.35. The summed E-state index contributed by atoms with van der Waals surface area (Å²) < 4.78 is 7.63. The van der Waals surface area contributed by atoms with Crippen LogP contribution < -0.4 is 0 Å². The number of aryl methyl sites for hydroxylation is 2. The molecule has 0 amide bonds. The Bertz CT molecular complexity index is 623. The van der Waals surface area contributed by atoms with Gasteiger partial charge in [-0.05, 0) is 24.3 Å². The Morgan fingerprint density at radius 1 is 1.08 bits per heavy atom. The lowest BCUT2D eigenvalue weighted by Crippen LogP contribution is -2.32. The van der Waals surface area contributed by atoms with Crippen molar-refractivity contribution in [1.29, 1.82) is 0 Å². The number of ether oxygens (including phenoxy) is 1. The van der Waals surface area contributed by atoms with Crippen LogP contribution in [0.5, 0.6) is 0 Å². The van der Waals surface area contributed by atoms with Crippen LogP contribution in [0.4, 0.5) is 0 Å². The number of fused-ring (bicyclic) bond motifs is 1. The third-order valence-corrected chi connectivity index (χ3v) is 5.09. The molecule has 0 spiro atoms. The van der Waals surface area contributed by atoms with E-state index in [-0.39, 0.29) is 0 Å². The molecule has 0 saturated carbocycles. The predicted molar refractivity (Wildman–Crippen MR) is 92.9 cm³/mol. The summed E-state index contributed by atoms with van der Waals surface area (Å²) in [5.41, 5.74) is 1.35. The van der Waals surface area contributed by atoms with Gasteiger partial charge in [0.05, 0.1) is 13.2 Å². The molecule has 0 radical (unpaired) electrons. The van der Waals surface area contributed by atoms with Crippen molar-refractivity contribution in [2.75, 3.05) is 32.8 Å². The maximum Gasteiger partial charge on any atom is 0.151 e. The second kappa shape index (κ2) is 7.45. The van der Waals surface area contributed by atoms with E-state index in [0.717, 1.165) is 70.3 Å². The van der Waals surface area contributed by atoms with Crippen LogP contribution in [-0.4, -0.2) is 52.5 Å². The van der Waals surface area contributed by atoms with Crippen molar-refractivity contribution >= 4 is 0 Å². The first-order chi connectivity index (χ1) is 11.9. The molecule has 2 aliphatic rings. The predicted octanol–water partition coefficient (Wildman–Crippen LogP) is 1.96. The van der Waals surface area contributed by atoms with E-state index in [1.807, 2.05) is 0 Å². The van der Waals surface area contributed by atoms with Crippen LogP contribution >= 0.6 is 0 Å². The van der Waals surface area contributed by atoms with Crippen LogP contribution in [0.1, 0.15) is 23.6 Å². The molecular weight excluding hydrogens is 300 g/mol. The second-order valence-electron chi connectivity index (χ2n) is 6.93. The Hall–Kier alpha value is -1.72. The summed E-state index contributed by atoms with van der Waals surface area (Å²) in [6, 6.07) is 10.6. The van der Waals surface area contributed by atoms with Gasteiger partial charge in [-0.3, -0.25) is 0 Å². The van der Waals surface area contributed by atoms with E-state index >= 15 is 0 Å². The molecule has 0 N–H and O–H groups in total. The minimum absolute atomic E-state index is 0.713. The maximum atomic E-state index is 5.50. The Morgan fingerprint density at radius 3 is 2.83 bits per heavy atom. The number of rotatable bonds is 5. The molecule has 2 aliphatic heterocycles. The van der Waals surface area contributed by atoms with E-state index in [0.29, 0.717) is 5.92 Å². The molecule has 0 aliphatic carbocycles. The molecule has 1 unspecified atom stereocenters. The van der Waals surface area contributed by atoms with Crippen LogP contribution in [0.15, 0.2) is 30.3 Å². The smallest absolute Gasteiger partial charge is 0.151 e. The van der Waals surface area contributed by atoms with Gasteiger partial charge in [0, 0.05) is 39.1 Å². The number of aromatic nitrogens is 3. The van der Waals surface area contributed by atoms with Gasteiger partial charge >= 0.3 is 0 Å². The van der Waals surface area contributed by atoms with Crippen molar-refractivity contribution in [3.8, 4) is 0 Å². The normalized spacial score (nSPS) is 21.6. The standard InChI is InChI=1S/C19H26N4O/c1-2-4-16(5-3-1)6-7-18-20-19-8-10-22(11-12-23(19)21-18)14-17-9-13-24-15-17/h1-5,17H,6-15H2. The summed E-state index contributed by atoms with van der Waals surface area (Å²) >= 11 is 0. The van der Waals surface area contributed by atoms with Gasteiger partial charge in [0.2, 0.25) is 0 Å². The lowest BCUT2D eigenvalue weighted by molar-refractivity contribution is 0.167. The highest BCUT2D eigenvalue weighted by atomic mass is 16.5. The fourth-order valence-electron chi connectivity index (χ4n) is 3.68. The van der Waals surface area contributed by atoms with Gasteiger partial charge in [-0.1, -0.05) is 30.3 Å². The van der Waals surface area contributed by atoms with Crippen molar-refractivity contribution in [3.63, 3.8) is 0 Å². The molecule has 0 bridgehead atoms. The zero-order valence-electron chi connectivity index (χ0n) is 14.2. The summed E-state index contributed by atoms with van der Waals surface area (Å²) in [5.74, 6) is 2.86. The van der Waals surface area contributed by atoms with Gasteiger partial charge in [-0.2, -0.15) is 5.10 Å². The highest BCUT2D eigenvalue weighted by molar-refractivity contribution is 5.15. The molecule has 4 rings (SSSR count). The Balaban J connectivity index is 1.32. The van der Waals surface area contributed by atoms with Crippen LogP contribution in [-0.2, 0) is 30.5 Å². The van der Waals surface area contributed by atoms with Gasteiger partial charge in [0.25, 0.3) is 0 Å². The molecule has 1 aromatic carbocycles. The summed E-state index contributed by atoms with van der Waals surface area (Å²) in [6.45, 7) is 6.15. The maximum absolute atomic E-state index is 5.50. The minimum Gasteiger partial charge on any atom is -0.381 e. The highest BCUT2D eigenvalue weighted by Gasteiger charge is 2.22. The van der Waals surface area contributed by atoms with Crippen LogP contribution in [0.2, 0.25) is 0 Å². The Labute approximate surface area is 143 Å². The first-order valence-corrected chi connectivity index (χ1v) is 9.13. The third kappa shape index (κ3) is 3.84. The molecular formula is C19H26N4O. The van der Waals surface area contributed by atoms with Crippen LogP contribution in [0, 0.1) is 5.92 Å².